The van der Waals surface area contributed by atoms with Crippen molar-refractivity contribution in [3.63, 3.8) is 0 Å². The Morgan fingerprint density at radius 1 is 0.950 bits per heavy atom. The van der Waals surface area contributed by atoms with Crippen molar-refractivity contribution in [2.24, 2.45) is 34.0 Å². The van der Waals surface area contributed by atoms with Crippen molar-refractivity contribution < 1.29 is 0 Å². The molecule has 0 aromatic rings. The van der Waals surface area contributed by atoms with Crippen LogP contribution in [0.15, 0.2) is 12.2 Å². The molecule has 0 heteroatoms. The van der Waals surface area contributed by atoms with Crippen molar-refractivity contribution in [2.45, 2.75) is 78.6 Å². The fraction of sp³-hybridized carbons (Fsp3) is 0.900. The van der Waals surface area contributed by atoms with Crippen molar-refractivity contribution in [3.8, 4) is 0 Å². The summed E-state index contributed by atoms with van der Waals surface area (Å²) in [5, 5.41) is 0. The van der Waals surface area contributed by atoms with E-state index in [1.807, 2.05) is 0 Å². The van der Waals surface area contributed by atoms with Crippen LogP contribution < -0.4 is 0 Å². The van der Waals surface area contributed by atoms with Crippen molar-refractivity contribution in [1.29, 1.82) is 0 Å². The SMILES string of the molecule is C=C1C[C@@]23CC[C@H]4C(C)(C)CCC[C@]4(C)[C@@H]2CC[C@H]1C3. The zero-order valence-corrected chi connectivity index (χ0v) is 13.8. The summed E-state index contributed by atoms with van der Waals surface area (Å²) < 4.78 is 0. The average molecular weight is 272 g/mol. The van der Waals surface area contributed by atoms with Gasteiger partial charge in [-0.1, -0.05) is 39.3 Å². The second-order valence-electron chi connectivity index (χ2n) is 9.67. The first-order valence-electron chi connectivity index (χ1n) is 9.05. The molecular formula is C20H32. The molecule has 0 aromatic heterocycles. The Bertz CT molecular complexity index is 445. The quantitative estimate of drug-likeness (QED) is 0.476. The normalized spacial score (nSPS) is 53.4. The van der Waals surface area contributed by atoms with Gasteiger partial charge < -0.3 is 0 Å². The Hall–Kier alpha value is -0.260. The Labute approximate surface area is 125 Å². The molecule has 0 unspecified atom stereocenters. The van der Waals surface area contributed by atoms with Crippen LogP contribution in [0.5, 0.6) is 0 Å². The lowest BCUT2D eigenvalue weighted by Gasteiger charge is -2.64. The van der Waals surface area contributed by atoms with Crippen LogP contribution in [-0.4, -0.2) is 0 Å². The van der Waals surface area contributed by atoms with Crippen LogP contribution in [0.1, 0.15) is 78.6 Å². The zero-order chi connectivity index (χ0) is 14.2. The lowest BCUT2D eigenvalue weighted by atomic mass is 9.41. The van der Waals surface area contributed by atoms with E-state index in [0.29, 0.717) is 16.2 Å². The second-order valence-corrected chi connectivity index (χ2v) is 9.67. The maximum Gasteiger partial charge on any atom is -0.0200 e. The van der Waals surface area contributed by atoms with E-state index in [1.165, 1.54) is 57.8 Å². The van der Waals surface area contributed by atoms with Crippen LogP contribution in [0, 0.1) is 34.0 Å². The predicted molar refractivity (Wildman–Crippen MR) is 85.5 cm³/mol. The highest BCUT2D eigenvalue weighted by molar-refractivity contribution is 5.22. The minimum Gasteiger partial charge on any atom is -0.0996 e. The van der Waals surface area contributed by atoms with Crippen molar-refractivity contribution in [2.75, 3.05) is 0 Å². The van der Waals surface area contributed by atoms with Gasteiger partial charge in [-0.05, 0) is 85.4 Å². The number of rotatable bonds is 0. The van der Waals surface area contributed by atoms with Crippen molar-refractivity contribution in [3.05, 3.63) is 12.2 Å². The highest BCUT2D eigenvalue weighted by atomic mass is 14.7. The van der Waals surface area contributed by atoms with Gasteiger partial charge in [-0.15, -0.1) is 0 Å². The largest absolute Gasteiger partial charge is 0.0996 e. The lowest BCUT2D eigenvalue weighted by Crippen LogP contribution is -2.55. The molecule has 0 radical (unpaired) electrons. The summed E-state index contributed by atoms with van der Waals surface area (Å²) in [5.74, 6) is 2.87. The molecular weight excluding hydrogens is 240 g/mol. The molecule has 112 valence electrons. The number of hydrogen-bond acceptors (Lipinski definition) is 0. The Balaban J connectivity index is 1.74. The van der Waals surface area contributed by atoms with Crippen LogP contribution in [0.3, 0.4) is 0 Å². The zero-order valence-electron chi connectivity index (χ0n) is 13.8. The van der Waals surface area contributed by atoms with Crippen LogP contribution in [0.4, 0.5) is 0 Å². The van der Waals surface area contributed by atoms with E-state index in [-0.39, 0.29) is 0 Å². The molecule has 2 bridgehead atoms. The van der Waals surface area contributed by atoms with Crippen LogP contribution >= 0.6 is 0 Å². The smallest absolute Gasteiger partial charge is 0.0200 e. The first kappa shape index (κ1) is 13.4. The summed E-state index contributed by atoms with van der Waals surface area (Å²) in [5.41, 5.74) is 3.51. The van der Waals surface area contributed by atoms with Gasteiger partial charge in [0.2, 0.25) is 0 Å². The maximum atomic E-state index is 4.44. The molecule has 0 saturated heterocycles. The van der Waals surface area contributed by atoms with Crippen molar-refractivity contribution in [1.82, 2.24) is 0 Å². The summed E-state index contributed by atoms with van der Waals surface area (Å²) >= 11 is 0. The summed E-state index contributed by atoms with van der Waals surface area (Å²) in [4.78, 5) is 0. The molecule has 4 aliphatic carbocycles. The van der Waals surface area contributed by atoms with Gasteiger partial charge in [0.15, 0.2) is 0 Å². The van der Waals surface area contributed by atoms with Gasteiger partial charge in [0.1, 0.15) is 0 Å². The Morgan fingerprint density at radius 2 is 1.75 bits per heavy atom. The molecule has 0 aliphatic heterocycles. The minimum absolute atomic E-state index is 0.584. The fourth-order valence-electron chi connectivity index (χ4n) is 7.68. The second kappa shape index (κ2) is 3.93. The minimum atomic E-state index is 0.584. The van der Waals surface area contributed by atoms with E-state index in [1.54, 1.807) is 5.57 Å². The Kier molecular flexibility index (Phi) is 2.63. The maximum absolute atomic E-state index is 4.44. The van der Waals surface area contributed by atoms with E-state index in [9.17, 15) is 0 Å². The molecule has 4 saturated carbocycles. The molecule has 0 N–H and O–H groups in total. The van der Waals surface area contributed by atoms with Crippen LogP contribution in [0.2, 0.25) is 0 Å². The summed E-state index contributed by atoms with van der Waals surface area (Å²) in [6, 6.07) is 0. The topological polar surface area (TPSA) is 0 Å². The molecule has 0 aromatic carbocycles. The molecule has 4 rings (SSSR count). The third-order valence-electron chi connectivity index (χ3n) is 8.36. The summed E-state index contributed by atoms with van der Waals surface area (Å²) in [6.07, 6.45) is 13.3. The standard InChI is InChI=1S/C20H32/c1-14-12-20-11-8-16-18(2,3)9-5-10-19(16,4)17(20)7-6-15(14)13-20/h15-17H,1,5-13H2,2-4H3/t15-,16-,17-,19-,20+/m0/s1. The lowest BCUT2D eigenvalue weighted by molar-refractivity contribution is -0.144. The molecule has 0 heterocycles. The van der Waals surface area contributed by atoms with Gasteiger partial charge in [-0.2, -0.15) is 0 Å². The monoisotopic (exact) mass is 272 g/mol. The summed E-state index contributed by atoms with van der Waals surface area (Å²) in [7, 11) is 0. The number of allylic oxidation sites excluding steroid dienone is 1. The van der Waals surface area contributed by atoms with E-state index >= 15 is 0 Å². The highest BCUT2D eigenvalue weighted by Crippen LogP contribution is 2.72. The molecule has 5 atom stereocenters. The third-order valence-corrected chi connectivity index (χ3v) is 8.36. The van der Waals surface area contributed by atoms with Crippen molar-refractivity contribution >= 4 is 0 Å². The van der Waals surface area contributed by atoms with Crippen LogP contribution in [0.25, 0.3) is 0 Å². The van der Waals surface area contributed by atoms with Gasteiger partial charge in [0.25, 0.3) is 0 Å². The molecule has 20 heavy (non-hydrogen) atoms. The number of hydrogen-bond donors (Lipinski definition) is 0. The van der Waals surface area contributed by atoms with E-state index in [0.717, 1.165) is 17.8 Å². The Morgan fingerprint density at radius 3 is 2.55 bits per heavy atom. The molecule has 1 spiro atoms. The van der Waals surface area contributed by atoms with Gasteiger partial charge >= 0.3 is 0 Å². The first-order chi connectivity index (χ1) is 9.37. The number of fused-ring (bicyclic) bond motifs is 3. The molecule has 4 aliphatic rings. The van der Waals surface area contributed by atoms with Gasteiger partial charge in [-0.25, -0.2) is 0 Å². The first-order valence-corrected chi connectivity index (χ1v) is 9.05. The predicted octanol–water partition coefficient (Wildman–Crippen LogP) is 5.98. The molecule has 4 fully saturated rings. The van der Waals surface area contributed by atoms with Gasteiger partial charge in [0, 0.05) is 0 Å². The van der Waals surface area contributed by atoms with Gasteiger partial charge in [0.05, 0.1) is 0 Å². The highest BCUT2D eigenvalue weighted by Gasteiger charge is 2.62. The third kappa shape index (κ3) is 1.54. The van der Waals surface area contributed by atoms with E-state index < -0.39 is 0 Å². The fourth-order valence-corrected chi connectivity index (χ4v) is 7.68. The van der Waals surface area contributed by atoms with Gasteiger partial charge in [-0.3, -0.25) is 0 Å². The van der Waals surface area contributed by atoms with E-state index in [2.05, 4.69) is 27.4 Å². The molecule has 0 nitrogen and oxygen atoms in total. The van der Waals surface area contributed by atoms with Crippen LogP contribution in [-0.2, 0) is 0 Å². The van der Waals surface area contributed by atoms with E-state index in [4.69, 9.17) is 0 Å². The average Bonchev–Trinajstić information content (AvgIpc) is 2.58. The molecule has 0 amide bonds. The summed E-state index contributed by atoms with van der Waals surface area (Å²) in [6.45, 7) is 12.2.